The van der Waals surface area contributed by atoms with E-state index in [2.05, 4.69) is 11.2 Å². The third-order valence-corrected chi connectivity index (χ3v) is 3.57. The Morgan fingerprint density at radius 1 is 1.30 bits per heavy atom. The zero-order valence-corrected chi connectivity index (χ0v) is 13.7. The molecule has 1 heterocycles. The van der Waals surface area contributed by atoms with E-state index in [4.69, 9.17) is 14.7 Å². The third-order valence-electron chi connectivity index (χ3n) is 3.57. The third kappa shape index (κ3) is 3.46. The largest absolute Gasteiger partial charge is 0.495 e. The SMILES string of the molecule is CCc1nn(CCO)c(CC)c1Oc1ccc(C#N)c(OC)c1. The second-order valence-corrected chi connectivity index (χ2v) is 4.95. The number of benzene rings is 1. The zero-order chi connectivity index (χ0) is 16.8. The van der Waals surface area contributed by atoms with Crippen molar-refractivity contribution in [2.75, 3.05) is 13.7 Å². The van der Waals surface area contributed by atoms with Crippen molar-refractivity contribution in [2.24, 2.45) is 0 Å². The molecule has 1 aromatic carbocycles. The standard InChI is InChI=1S/C17H21N3O3/c1-4-14-17(15(5-2)20(19-14)8-9-21)23-13-7-6-12(11-18)16(10-13)22-3/h6-7,10,21H,4-5,8-9H2,1-3H3. The summed E-state index contributed by atoms with van der Waals surface area (Å²) in [7, 11) is 1.52. The number of hydrogen-bond donors (Lipinski definition) is 1. The van der Waals surface area contributed by atoms with Gasteiger partial charge in [-0.2, -0.15) is 10.4 Å². The number of methoxy groups -OCH3 is 1. The average Bonchev–Trinajstić information content (AvgIpc) is 2.91. The van der Waals surface area contributed by atoms with Gasteiger partial charge in [0.05, 0.1) is 31.5 Å². The van der Waals surface area contributed by atoms with Gasteiger partial charge in [0.15, 0.2) is 5.75 Å². The van der Waals surface area contributed by atoms with Gasteiger partial charge in [0.25, 0.3) is 0 Å². The van der Waals surface area contributed by atoms with Crippen molar-refractivity contribution in [1.29, 1.82) is 5.26 Å². The second kappa shape index (κ2) is 7.65. The van der Waals surface area contributed by atoms with Crippen LogP contribution in [0.15, 0.2) is 18.2 Å². The lowest BCUT2D eigenvalue weighted by molar-refractivity contribution is 0.267. The Morgan fingerprint density at radius 3 is 2.65 bits per heavy atom. The Balaban J connectivity index is 2.41. The van der Waals surface area contributed by atoms with Gasteiger partial charge in [-0.05, 0) is 25.0 Å². The molecule has 0 radical (unpaired) electrons. The summed E-state index contributed by atoms with van der Waals surface area (Å²) in [5.41, 5.74) is 2.25. The maximum absolute atomic E-state index is 9.18. The molecule has 0 aliphatic rings. The number of ether oxygens (including phenoxy) is 2. The zero-order valence-electron chi connectivity index (χ0n) is 13.7. The molecular formula is C17H21N3O3. The number of nitrogens with zero attached hydrogens (tertiary/aromatic N) is 3. The molecule has 0 saturated carbocycles. The maximum Gasteiger partial charge on any atom is 0.171 e. The monoisotopic (exact) mass is 315 g/mol. The molecule has 1 N–H and O–H groups in total. The summed E-state index contributed by atoms with van der Waals surface area (Å²) >= 11 is 0. The molecule has 0 aliphatic carbocycles. The van der Waals surface area contributed by atoms with Crippen LogP contribution in [-0.4, -0.2) is 28.6 Å². The molecular weight excluding hydrogens is 294 g/mol. The molecule has 0 unspecified atom stereocenters. The minimum absolute atomic E-state index is 0.0297. The van der Waals surface area contributed by atoms with Gasteiger partial charge < -0.3 is 14.6 Å². The number of aliphatic hydroxyl groups is 1. The van der Waals surface area contributed by atoms with Gasteiger partial charge in [0, 0.05) is 6.07 Å². The van der Waals surface area contributed by atoms with Gasteiger partial charge in [-0.3, -0.25) is 4.68 Å². The average molecular weight is 315 g/mol. The smallest absolute Gasteiger partial charge is 0.171 e. The number of aryl methyl sites for hydroxylation is 1. The molecule has 6 heteroatoms. The first-order valence-corrected chi connectivity index (χ1v) is 7.63. The molecule has 0 aliphatic heterocycles. The van der Waals surface area contributed by atoms with E-state index in [0.29, 0.717) is 23.6 Å². The number of aliphatic hydroxyl groups excluding tert-OH is 1. The Labute approximate surface area is 135 Å². The lowest BCUT2D eigenvalue weighted by Gasteiger charge is -2.10. The minimum Gasteiger partial charge on any atom is -0.495 e. The Morgan fingerprint density at radius 2 is 2.09 bits per heavy atom. The molecule has 6 nitrogen and oxygen atoms in total. The van der Waals surface area contributed by atoms with Crippen molar-refractivity contribution in [3.05, 3.63) is 35.2 Å². The first-order chi connectivity index (χ1) is 11.2. The molecule has 0 bridgehead atoms. The van der Waals surface area contributed by atoms with Crippen molar-refractivity contribution in [2.45, 2.75) is 33.2 Å². The number of aromatic nitrogens is 2. The predicted molar refractivity (Wildman–Crippen MR) is 85.9 cm³/mol. The lowest BCUT2D eigenvalue weighted by Crippen LogP contribution is -2.08. The first kappa shape index (κ1) is 16.8. The van der Waals surface area contributed by atoms with Gasteiger partial charge >= 0.3 is 0 Å². The van der Waals surface area contributed by atoms with Crippen LogP contribution in [0, 0.1) is 11.3 Å². The van der Waals surface area contributed by atoms with E-state index in [0.717, 1.165) is 30.0 Å². The van der Waals surface area contributed by atoms with Crippen molar-refractivity contribution in [3.63, 3.8) is 0 Å². The molecule has 2 aromatic rings. The van der Waals surface area contributed by atoms with Crippen molar-refractivity contribution < 1.29 is 14.6 Å². The van der Waals surface area contributed by atoms with Crippen LogP contribution in [-0.2, 0) is 19.4 Å². The fourth-order valence-corrected chi connectivity index (χ4v) is 2.45. The molecule has 23 heavy (non-hydrogen) atoms. The van der Waals surface area contributed by atoms with Crippen molar-refractivity contribution in [1.82, 2.24) is 9.78 Å². The van der Waals surface area contributed by atoms with Crippen LogP contribution >= 0.6 is 0 Å². The van der Waals surface area contributed by atoms with Crippen LogP contribution in [0.3, 0.4) is 0 Å². The van der Waals surface area contributed by atoms with Gasteiger partial charge in [-0.1, -0.05) is 13.8 Å². The highest BCUT2D eigenvalue weighted by Gasteiger charge is 2.18. The van der Waals surface area contributed by atoms with E-state index in [9.17, 15) is 5.11 Å². The van der Waals surface area contributed by atoms with Gasteiger partial charge in [-0.25, -0.2) is 0 Å². The molecule has 2 rings (SSSR count). The minimum atomic E-state index is 0.0297. The number of nitriles is 1. The second-order valence-electron chi connectivity index (χ2n) is 4.95. The quantitative estimate of drug-likeness (QED) is 0.849. The highest BCUT2D eigenvalue weighted by molar-refractivity contribution is 5.49. The van der Waals surface area contributed by atoms with E-state index < -0.39 is 0 Å². The predicted octanol–water partition coefficient (Wildman–Crippen LogP) is 2.67. The Hall–Kier alpha value is -2.52. The summed E-state index contributed by atoms with van der Waals surface area (Å²) in [6.45, 7) is 4.51. The summed E-state index contributed by atoms with van der Waals surface area (Å²) in [5, 5.41) is 22.7. The van der Waals surface area contributed by atoms with Crippen molar-refractivity contribution >= 4 is 0 Å². The van der Waals surface area contributed by atoms with Crippen LogP contribution in [0.5, 0.6) is 17.2 Å². The summed E-state index contributed by atoms with van der Waals surface area (Å²) in [6, 6.07) is 7.18. The van der Waals surface area contributed by atoms with Crippen LogP contribution in [0.4, 0.5) is 0 Å². The number of hydrogen-bond acceptors (Lipinski definition) is 5. The van der Waals surface area contributed by atoms with E-state index in [-0.39, 0.29) is 6.61 Å². The van der Waals surface area contributed by atoms with Gasteiger partial charge in [0.2, 0.25) is 0 Å². The van der Waals surface area contributed by atoms with Crippen LogP contribution < -0.4 is 9.47 Å². The normalized spacial score (nSPS) is 10.4. The van der Waals surface area contributed by atoms with Crippen LogP contribution in [0.2, 0.25) is 0 Å². The van der Waals surface area contributed by atoms with Gasteiger partial charge in [0.1, 0.15) is 23.3 Å². The summed E-state index contributed by atoms with van der Waals surface area (Å²) < 4.78 is 13.0. The van der Waals surface area contributed by atoms with Gasteiger partial charge in [-0.15, -0.1) is 0 Å². The fraction of sp³-hybridized carbons (Fsp3) is 0.412. The van der Waals surface area contributed by atoms with Crippen LogP contribution in [0.25, 0.3) is 0 Å². The molecule has 0 spiro atoms. The molecule has 0 atom stereocenters. The molecule has 1 aromatic heterocycles. The maximum atomic E-state index is 9.18. The highest BCUT2D eigenvalue weighted by atomic mass is 16.5. The lowest BCUT2D eigenvalue weighted by atomic mass is 10.2. The molecule has 0 amide bonds. The van der Waals surface area contributed by atoms with E-state index in [1.54, 1.807) is 22.9 Å². The topological polar surface area (TPSA) is 80.3 Å². The van der Waals surface area contributed by atoms with E-state index >= 15 is 0 Å². The van der Waals surface area contributed by atoms with E-state index in [1.165, 1.54) is 7.11 Å². The van der Waals surface area contributed by atoms with Crippen LogP contribution in [0.1, 0.15) is 30.8 Å². The summed E-state index contributed by atoms with van der Waals surface area (Å²) in [4.78, 5) is 0. The summed E-state index contributed by atoms with van der Waals surface area (Å²) in [5.74, 6) is 1.79. The molecule has 122 valence electrons. The van der Waals surface area contributed by atoms with E-state index in [1.807, 2.05) is 13.8 Å². The Bertz CT molecular complexity index is 717. The molecule has 0 saturated heterocycles. The highest BCUT2D eigenvalue weighted by Crippen LogP contribution is 2.33. The first-order valence-electron chi connectivity index (χ1n) is 7.63. The van der Waals surface area contributed by atoms with Crippen molar-refractivity contribution in [3.8, 4) is 23.3 Å². The summed E-state index contributed by atoms with van der Waals surface area (Å²) in [6.07, 6.45) is 1.48. The fourth-order valence-electron chi connectivity index (χ4n) is 2.45. The molecule has 0 fully saturated rings. The number of rotatable bonds is 7. The Kier molecular flexibility index (Phi) is 5.61.